The van der Waals surface area contributed by atoms with E-state index in [1.165, 1.54) is 0 Å². The highest BCUT2D eigenvalue weighted by atomic mass is 16.5. The van der Waals surface area contributed by atoms with E-state index in [1.54, 1.807) is 18.2 Å². The lowest BCUT2D eigenvalue weighted by atomic mass is 10.0. The van der Waals surface area contributed by atoms with Crippen molar-refractivity contribution in [3.05, 3.63) is 95.1 Å². The molecule has 0 saturated carbocycles. The number of carboxylic acids is 1. The first kappa shape index (κ1) is 20.2. The summed E-state index contributed by atoms with van der Waals surface area (Å²) in [7, 11) is 0. The Morgan fingerprint density at radius 2 is 1.45 bits per heavy atom. The molecule has 0 amide bonds. The summed E-state index contributed by atoms with van der Waals surface area (Å²) in [4.78, 5) is 11.8. The molecular weight excluding hydrogens is 364 g/mol. The molecule has 0 atom stereocenters. The Hall–Kier alpha value is -3.53. The minimum Gasteiger partial charge on any atom is -0.489 e. The number of hydrogen-bond acceptors (Lipinski definition) is 3. The lowest BCUT2D eigenvalue weighted by Crippen LogP contribution is -2.11. The summed E-state index contributed by atoms with van der Waals surface area (Å²) in [6.45, 7) is 4.78. The number of benzene rings is 3. The molecule has 0 aliphatic rings. The van der Waals surface area contributed by atoms with Crippen molar-refractivity contribution in [2.45, 2.75) is 13.8 Å². The van der Waals surface area contributed by atoms with E-state index < -0.39 is 5.97 Å². The van der Waals surface area contributed by atoms with Gasteiger partial charge in [0.15, 0.2) is 0 Å². The number of aliphatic carboxylic acids is 1. The van der Waals surface area contributed by atoms with Gasteiger partial charge < -0.3 is 14.6 Å². The van der Waals surface area contributed by atoms with Crippen LogP contribution in [0, 0.1) is 13.8 Å². The number of para-hydroxylation sites is 2. The molecule has 4 heteroatoms. The standard InChI is InChI=1S/C25H24O4/c1-18-9-8-10-19(2)24(18)29-16-15-28-23-14-7-6-13-21(23)17-22(25(26)27)20-11-4-3-5-12-20/h3-14,17H,15-16H2,1-2H3,(H,26,27)/b22-17-. The van der Waals surface area contributed by atoms with Crippen LogP contribution >= 0.6 is 0 Å². The van der Waals surface area contributed by atoms with Crippen molar-refractivity contribution in [3.8, 4) is 11.5 Å². The molecule has 0 radical (unpaired) electrons. The van der Waals surface area contributed by atoms with Gasteiger partial charge in [0.25, 0.3) is 0 Å². The summed E-state index contributed by atoms with van der Waals surface area (Å²) >= 11 is 0. The number of rotatable bonds is 8. The molecule has 4 nitrogen and oxygen atoms in total. The van der Waals surface area contributed by atoms with E-state index >= 15 is 0 Å². The van der Waals surface area contributed by atoms with Crippen LogP contribution in [0.25, 0.3) is 11.6 Å². The Kier molecular flexibility index (Phi) is 6.69. The average Bonchev–Trinajstić information content (AvgIpc) is 2.72. The zero-order chi connectivity index (χ0) is 20.6. The van der Waals surface area contributed by atoms with Crippen LogP contribution in [-0.2, 0) is 4.79 Å². The molecule has 3 aromatic rings. The molecule has 3 rings (SSSR count). The first-order chi connectivity index (χ1) is 14.1. The summed E-state index contributed by atoms with van der Waals surface area (Å²) in [5.74, 6) is 0.512. The van der Waals surface area contributed by atoms with Gasteiger partial charge in [-0.15, -0.1) is 0 Å². The Morgan fingerprint density at radius 3 is 2.14 bits per heavy atom. The number of aryl methyl sites for hydroxylation is 2. The van der Waals surface area contributed by atoms with Gasteiger partial charge >= 0.3 is 5.97 Å². The van der Waals surface area contributed by atoms with Crippen LogP contribution in [0.4, 0.5) is 0 Å². The van der Waals surface area contributed by atoms with Crippen molar-refractivity contribution in [2.75, 3.05) is 13.2 Å². The second-order valence-corrected chi connectivity index (χ2v) is 6.68. The second kappa shape index (κ2) is 9.60. The molecule has 0 heterocycles. The molecule has 148 valence electrons. The summed E-state index contributed by atoms with van der Waals surface area (Å²) in [6.07, 6.45) is 1.64. The van der Waals surface area contributed by atoms with E-state index in [1.807, 2.05) is 74.5 Å². The largest absolute Gasteiger partial charge is 0.489 e. The van der Waals surface area contributed by atoms with E-state index in [0.29, 0.717) is 30.1 Å². The van der Waals surface area contributed by atoms with Gasteiger partial charge in [-0.05, 0) is 42.7 Å². The van der Waals surface area contributed by atoms with Crippen LogP contribution in [0.5, 0.6) is 11.5 Å². The highest BCUT2D eigenvalue weighted by Gasteiger charge is 2.12. The van der Waals surface area contributed by atoms with Crippen molar-refractivity contribution in [3.63, 3.8) is 0 Å². The molecule has 0 aliphatic heterocycles. The zero-order valence-corrected chi connectivity index (χ0v) is 16.6. The maximum absolute atomic E-state index is 11.8. The van der Waals surface area contributed by atoms with Crippen LogP contribution < -0.4 is 9.47 Å². The first-order valence-electron chi connectivity index (χ1n) is 9.47. The Morgan fingerprint density at radius 1 is 0.828 bits per heavy atom. The Bertz CT molecular complexity index is 986. The lowest BCUT2D eigenvalue weighted by molar-refractivity contribution is -0.130. The third kappa shape index (κ3) is 5.26. The fourth-order valence-electron chi connectivity index (χ4n) is 3.10. The molecule has 0 fully saturated rings. The molecule has 0 aliphatic carbocycles. The number of carboxylic acid groups (broad SMARTS) is 1. The summed E-state index contributed by atoms with van der Waals surface area (Å²) in [6, 6.07) is 22.5. The fraction of sp³-hybridized carbons (Fsp3) is 0.160. The predicted octanol–water partition coefficient (Wildman–Crippen LogP) is 5.39. The van der Waals surface area contributed by atoms with Crippen LogP contribution in [0.2, 0.25) is 0 Å². The summed E-state index contributed by atoms with van der Waals surface area (Å²) in [5.41, 5.74) is 3.74. The zero-order valence-electron chi connectivity index (χ0n) is 16.6. The van der Waals surface area contributed by atoms with E-state index in [2.05, 4.69) is 0 Å². The van der Waals surface area contributed by atoms with E-state index in [9.17, 15) is 9.90 Å². The van der Waals surface area contributed by atoms with Crippen molar-refractivity contribution in [1.29, 1.82) is 0 Å². The topological polar surface area (TPSA) is 55.8 Å². The van der Waals surface area contributed by atoms with E-state index in [4.69, 9.17) is 9.47 Å². The van der Waals surface area contributed by atoms with Crippen LogP contribution in [-0.4, -0.2) is 24.3 Å². The van der Waals surface area contributed by atoms with Gasteiger partial charge in [-0.2, -0.15) is 0 Å². The van der Waals surface area contributed by atoms with Crippen molar-refractivity contribution in [2.24, 2.45) is 0 Å². The Balaban J connectivity index is 1.73. The molecule has 0 unspecified atom stereocenters. The maximum Gasteiger partial charge on any atom is 0.336 e. The monoisotopic (exact) mass is 388 g/mol. The molecule has 3 aromatic carbocycles. The molecule has 0 bridgehead atoms. The normalized spacial score (nSPS) is 11.2. The Labute approximate surface area is 171 Å². The third-order valence-electron chi connectivity index (χ3n) is 4.53. The van der Waals surface area contributed by atoms with Gasteiger partial charge in [-0.25, -0.2) is 4.79 Å². The minimum absolute atomic E-state index is 0.216. The van der Waals surface area contributed by atoms with Gasteiger partial charge in [0, 0.05) is 5.56 Å². The second-order valence-electron chi connectivity index (χ2n) is 6.68. The van der Waals surface area contributed by atoms with Crippen molar-refractivity contribution in [1.82, 2.24) is 0 Å². The number of carbonyl (C=O) groups is 1. The van der Waals surface area contributed by atoms with Gasteiger partial charge in [0.1, 0.15) is 24.7 Å². The van der Waals surface area contributed by atoms with Crippen LogP contribution in [0.3, 0.4) is 0 Å². The highest BCUT2D eigenvalue weighted by molar-refractivity contribution is 6.20. The molecule has 0 spiro atoms. The molecular formula is C25H24O4. The SMILES string of the molecule is Cc1cccc(C)c1OCCOc1ccccc1/C=C(\C(=O)O)c1ccccc1. The quantitative estimate of drug-likeness (QED) is 0.319. The number of hydrogen-bond donors (Lipinski definition) is 1. The van der Waals surface area contributed by atoms with Crippen molar-refractivity contribution < 1.29 is 19.4 Å². The summed E-state index contributed by atoms with van der Waals surface area (Å²) < 4.78 is 11.8. The van der Waals surface area contributed by atoms with Gasteiger partial charge in [0.2, 0.25) is 0 Å². The van der Waals surface area contributed by atoms with Crippen molar-refractivity contribution >= 4 is 17.6 Å². The average molecular weight is 388 g/mol. The van der Waals surface area contributed by atoms with Crippen LogP contribution in [0.1, 0.15) is 22.3 Å². The maximum atomic E-state index is 11.8. The lowest BCUT2D eigenvalue weighted by Gasteiger charge is -2.14. The molecule has 1 N–H and O–H groups in total. The molecule has 0 saturated heterocycles. The first-order valence-corrected chi connectivity index (χ1v) is 9.47. The van der Waals surface area contributed by atoms with E-state index in [0.717, 1.165) is 16.9 Å². The van der Waals surface area contributed by atoms with Gasteiger partial charge in [-0.3, -0.25) is 0 Å². The summed E-state index contributed by atoms with van der Waals surface area (Å²) in [5, 5.41) is 9.64. The fourth-order valence-corrected chi connectivity index (χ4v) is 3.10. The smallest absolute Gasteiger partial charge is 0.336 e. The highest BCUT2D eigenvalue weighted by Crippen LogP contribution is 2.26. The third-order valence-corrected chi connectivity index (χ3v) is 4.53. The van der Waals surface area contributed by atoms with Crippen LogP contribution in [0.15, 0.2) is 72.8 Å². The van der Waals surface area contributed by atoms with E-state index in [-0.39, 0.29) is 5.57 Å². The molecule has 0 aromatic heterocycles. The van der Waals surface area contributed by atoms with Gasteiger partial charge in [0.05, 0.1) is 5.57 Å². The van der Waals surface area contributed by atoms with Gasteiger partial charge in [-0.1, -0.05) is 66.7 Å². The molecule has 29 heavy (non-hydrogen) atoms. The predicted molar refractivity (Wildman–Crippen MR) is 115 cm³/mol. The minimum atomic E-state index is -0.982. The number of ether oxygens (including phenoxy) is 2.